The monoisotopic (exact) mass is 504 g/mol. The second kappa shape index (κ2) is 10.5. The molecule has 8 heteroatoms. The predicted octanol–water partition coefficient (Wildman–Crippen LogP) is 5.42. The number of benzene rings is 2. The normalized spacial score (nSPS) is 17.9. The zero-order chi connectivity index (χ0) is 25.1. The van der Waals surface area contributed by atoms with Gasteiger partial charge in [-0.3, -0.25) is 14.4 Å². The molecule has 1 atom stereocenters. The molecule has 2 amide bonds. The van der Waals surface area contributed by atoms with E-state index in [1.165, 1.54) is 24.2 Å². The van der Waals surface area contributed by atoms with Crippen LogP contribution in [0.1, 0.15) is 53.3 Å². The van der Waals surface area contributed by atoms with E-state index in [0.717, 1.165) is 24.2 Å². The smallest absolute Gasteiger partial charge is 0.297 e. The lowest BCUT2D eigenvalue weighted by atomic mass is 9.98. The van der Waals surface area contributed by atoms with Gasteiger partial charge in [0, 0.05) is 30.3 Å². The number of anilines is 2. The molecule has 1 N–H and O–H groups in total. The first-order chi connectivity index (χ1) is 17.5. The fourth-order valence-electron chi connectivity index (χ4n) is 4.86. The van der Waals surface area contributed by atoms with Crippen molar-refractivity contribution < 1.29 is 23.9 Å². The van der Waals surface area contributed by atoms with Gasteiger partial charge in [-0.05, 0) is 73.0 Å². The lowest BCUT2D eigenvalue weighted by molar-refractivity contribution is -0.117. The summed E-state index contributed by atoms with van der Waals surface area (Å²) in [4.78, 5) is 39.8. The third kappa shape index (κ3) is 5.14. The molecule has 1 aromatic heterocycles. The van der Waals surface area contributed by atoms with E-state index in [1.54, 1.807) is 47.7 Å². The van der Waals surface area contributed by atoms with E-state index in [4.69, 9.17) is 9.47 Å². The molecule has 0 radical (unpaired) electrons. The summed E-state index contributed by atoms with van der Waals surface area (Å²) in [6.07, 6.45) is 5.05. The van der Waals surface area contributed by atoms with Crippen molar-refractivity contribution in [2.75, 3.05) is 23.9 Å². The third-order valence-corrected chi connectivity index (χ3v) is 7.62. The Morgan fingerprint density at radius 2 is 1.86 bits per heavy atom. The Labute approximate surface area is 214 Å². The molecule has 1 saturated carbocycles. The van der Waals surface area contributed by atoms with E-state index in [0.29, 0.717) is 35.0 Å². The van der Waals surface area contributed by atoms with Crippen molar-refractivity contribution in [3.8, 4) is 11.5 Å². The van der Waals surface area contributed by atoms with E-state index in [1.807, 2.05) is 24.3 Å². The molecule has 0 bridgehead atoms. The number of nitrogens with zero attached hydrogens (tertiary/aromatic N) is 1. The van der Waals surface area contributed by atoms with Gasteiger partial charge in [0.2, 0.25) is 5.91 Å². The topological polar surface area (TPSA) is 84.9 Å². The molecule has 186 valence electrons. The van der Waals surface area contributed by atoms with Crippen LogP contribution in [0.5, 0.6) is 11.5 Å². The first-order valence-electron chi connectivity index (χ1n) is 12.2. The number of amides is 2. The minimum Gasteiger partial charge on any atom is -0.493 e. The number of nitrogens with one attached hydrogen (secondary N) is 1. The molecule has 5 rings (SSSR count). The summed E-state index contributed by atoms with van der Waals surface area (Å²) in [6.45, 7) is 0.513. The molecule has 0 unspecified atom stereocenters. The molecule has 0 spiro atoms. The van der Waals surface area contributed by atoms with Crippen molar-refractivity contribution >= 4 is 40.3 Å². The number of thiophene rings is 1. The van der Waals surface area contributed by atoms with Gasteiger partial charge >= 0.3 is 0 Å². The minimum atomic E-state index is -0.701. The highest BCUT2D eigenvalue weighted by Crippen LogP contribution is 2.38. The van der Waals surface area contributed by atoms with Crippen LogP contribution in [-0.2, 0) is 9.59 Å². The molecular formula is C28H28N2O5S. The molecular weight excluding hydrogens is 476 g/mol. The highest BCUT2D eigenvalue weighted by atomic mass is 32.1. The number of carbonyl (C=O) groups excluding carboxylic acids is 3. The quantitative estimate of drug-likeness (QED) is 0.327. The molecule has 7 nitrogen and oxygen atoms in total. The van der Waals surface area contributed by atoms with Gasteiger partial charge in [0.05, 0.1) is 18.1 Å². The number of carbonyl (C=O) groups is 3. The molecule has 1 aliphatic carbocycles. The largest absolute Gasteiger partial charge is 0.493 e. The van der Waals surface area contributed by atoms with Gasteiger partial charge in [-0.1, -0.05) is 18.2 Å². The molecule has 1 saturated heterocycles. The van der Waals surface area contributed by atoms with Crippen molar-refractivity contribution in [2.45, 2.75) is 44.1 Å². The van der Waals surface area contributed by atoms with Crippen LogP contribution in [0, 0.1) is 0 Å². The van der Waals surface area contributed by atoms with Crippen LogP contribution in [0.25, 0.3) is 0 Å². The van der Waals surface area contributed by atoms with Gasteiger partial charge in [0.15, 0.2) is 11.5 Å². The first kappa shape index (κ1) is 24.1. The van der Waals surface area contributed by atoms with Crippen molar-refractivity contribution in [3.63, 3.8) is 0 Å². The lowest BCUT2D eigenvalue weighted by Crippen LogP contribution is -2.25. The maximum absolute atomic E-state index is 13.0. The van der Waals surface area contributed by atoms with Crippen LogP contribution in [-0.4, -0.2) is 37.4 Å². The summed E-state index contributed by atoms with van der Waals surface area (Å²) in [5, 5.41) is 4.41. The number of methoxy groups -OCH3 is 1. The van der Waals surface area contributed by atoms with Crippen LogP contribution in [0.4, 0.5) is 11.4 Å². The van der Waals surface area contributed by atoms with E-state index in [-0.39, 0.29) is 17.9 Å². The Kier molecular flexibility index (Phi) is 7.04. The third-order valence-electron chi connectivity index (χ3n) is 6.75. The Morgan fingerprint density at radius 3 is 2.61 bits per heavy atom. The van der Waals surface area contributed by atoms with Crippen LogP contribution in [0.15, 0.2) is 60.0 Å². The highest BCUT2D eigenvalue weighted by Gasteiger charge is 2.32. The molecule has 3 aromatic rings. The first-order valence-corrected chi connectivity index (χ1v) is 13.0. The van der Waals surface area contributed by atoms with Crippen molar-refractivity contribution in [2.24, 2.45) is 0 Å². The van der Waals surface area contributed by atoms with E-state index in [2.05, 4.69) is 5.32 Å². The standard InChI is InChI=1S/C28H28N2O5S/c1-34-23-12-11-18(14-24(23)35-22-8-2-3-9-22)19-15-26(31)30(17-19)21-7-4-6-20(16-21)29-28(33)27(32)25-10-5-13-36-25/h4-7,10-14,16,19,22H,2-3,8-9,15,17H2,1H3,(H,29,33)/t19-/m0/s1. The summed E-state index contributed by atoms with van der Waals surface area (Å²) in [7, 11) is 1.64. The van der Waals surface area contributed by atoms with Crippen molar-refractivity contribution in [3.05, 3.63) is 70.4 Å². The Bertz CT molecular complexity index is 1270. The maximum atomic E-state index is 13.0. The Hall–Kier alpha value is -3.65. The molecule has 2 aromatic carbocycles. The summed E-state index contributed by atoms with van der Waals surface area (Å²) in [5.74, 6) is 0.164. The second-order valence-electron chi connectivity index (χ2n) is 9.15. The van der Waals surface area contributed by atoms with Crippen LogP contribution >= 0.6 is 11.3 Å². The zero-order valence-electron chi connectivity index (χ0n) is 20.1. The van der Waals surface area contributed by atoms with E-state index < -0.39 is 11.7 Å². The molecule has 2 aliphatic rings. The Morgan fingerprint density at radius 1 is 1.03 bits per heavy atom. The number of ketones is 1. The van der Waals surface area contributed by atoms with Crippen LogP contribution in [0.2, 0.25) is 0 Å². The van der Waals surface area contributed by atoms with Crippen molar-refractivity contribution in [1.29, 1.82) is 0 Å². The van der Waals surface area contributed by atoms with Gasteiger partial charge in [0.25, 0.3) is 11.7 Å². The van der Waals surface area contributed by atoms with E-state index in [9.17, 15) is 14.4 Å². The van der Waals surface area contributed by atoms with Crippen LogP contribution in [0.3, 0.4) is 0 Å². The average molecular weight is 505 g/mol. The molecule has 2 heterocycles. The lowest BCUT2D eigenvalue weighted by Gasteiger charge is -2.20. The zero-order valence-corrected chi connectivity index (χ0v) is 20.9. The summed E-state index contributed by atoms with van der Waals surface area (Å²) >= 11 is 1.22. The van der Waals surface area contributed by atoms with Gasteiger partial charge in [-0.15, -0.1) is 11.3 Å². The Balaban J connectivity index is 1.29. The molecule has 36 heavy (non-hydrogen) atoms. The number of hydrogen-bond donors (Lipinski definition) is 1. The number of ether oxygens (including phenoxy) is 2. The highest BCUT2D eigenvalue weighted by molar-refractivity contribution is 7.13. The van der Waals surface area contributed by atoms with Gasteiger partial charge in [-0.2, -0.15) is 0 Å². The van der Waals surface area contributed by atoms with Gasteiger partial charge in [0.1, 0.15) is 0 Å². The number of hydrogen-bond acceptors (Lipinski definition) is 6. The van der Waals surface area contributed by atoms with E-state index >= 15 is 0 Å². The maximum Gasteiger partial charge on any atom is 0.297 e. The summed E-state index contributed by atoms with van der Waals surface area (Å²) < 4.78 is 11.8. The van der Waals surface area contributed by atoms with Crippen molar-refractivity contribution in [1.82, 2.24) is 0 Å². The van der Waals surface area contributed by atoms with Gasteiger partial charge < -0.3 is 19.7 Å². The minimum absolute atomic E-state index is 0.00668. The SMILES string of the molecule is COc1ccc([C@H]2CC(=O)N(c3cccc(NC(=O)C(=O)c4cccs4)c3)C2)cc1OC1CCCC1. The fourth-order valence-corrected chi connectivity index (χ4v) is 5.53. The number of Topliss-reactive ketones (excluding diaryl/α,β-unsaturated/α-hetero) is 1. The summed E-state index contributed by atoms with van der Waals surface area (Å²) in [5.41, 5.74) is 2.18. The summed E-state index contributed by atoms with van der Waals surface area (Å²) in [6, 6.07) is 16.3. The van der Waals surface area contributed by atoms with Crippen LogP contribution < -0.4 is 19.7 Å². The average Bonchev–Trinajstić information content (AvgIpc) is 3.66. The second-order valence-corrected chi connectivity index (χ2v) is 10.1. The van der Waals surface area contributed by atoms with Gasteiger partial charge in [-0.25, -0.2) is 0 Å². The fraction of sp³-hybridized carbons (Fsp3) is 0.321. The molecule has 2 fully saturated rings. The molecule has 1 aliphatic heterocycles. The predicted molar refractivity (Wildman–Crippen MR) is 139 cm³/mol. The number of rotatable bonds is 8.